The number of halogens is 3. The molecule has 0 aliphatic carbocycles. The number of hydrogen-bond acceptors (Lipinski definition) is 4. The van der Waals surface area contributed by atoms with Gasteiger partial charge in [0.1, 0.15) is 5.71 Å². The van der Waals surface area contributed by atoms with Gasteiger partial charge in [-0.05, 0) is 6.07 Å². The van der Waals surface area contributed by atoms with Gasteiger partial charge >= 0.3 is 6.18 Å². The van der Waals surface area contributed by atoms with E-state index in [1.165, 1.54) is 38.4 Å². The predicted molar refractivity (Wildman–Crippen MR) is 67.9 cm³/mol. The molecular weight excluding hydrogens is 287 g/mol. The minimum Gasteiger partial charge on any atom is -0.365 e. The van der Waals surface area contributed by atoms with Gasteiger partial charge in [-0.25, -0.2) is 0 Å². The van der Waals surface area contributed by atoms with Gasteiger partial charge in [0, 0.05) is 23.9 Å². The lowest BCUT2D eigenvalue weighted by atomic mass is 9.98. The largest absolute Gasteiger partial charge is 0.431 e. The first kappa shape index (κ1) is 15.4. The Bertz CT molecular complexity index is 572. The van der Waals surface area contributed by atoms with E-state index in [9.17, 15) is 23.1 Å². The van der Waals surface area contributed by atoms with Crippen molar-refractivity contribution in [1.29, 1.82) is 0 Å². The van der Waals surface area contributed by atoms with E-state index in [4.69, 9.17) is 0 Å². The van der Waals surface area contributed by atoms with Crippen molar-refractivity contribution in [2.75, 3.05) is 0 Å². The molecule has 2 rings (SSSR count). The third-order valence-electron chi connectivity index (χ3n) is 3.14. The molecule has 1 aromatic heterocycles. The number of rotatable bonds is 2. The lowest BCUT2D eigenvalue weighted by molar-refractivity contribution is -0.161. The highest BCUT2D eigenvalue weighted by molar-refractivity contribution is 5.94. The van der Waals surface area contributed by atoms with Crippen LogP contribution in [0.25, 0.3) is 0 Å². The molecule has 0 radical (unpaired) electrons. The first-order chi connectivity index (χ1) is 9.66. The van der Waals surface area contributed by atoms with Gasteiger partial charge in [0.2, 0.25) is 5.91 Å². The molecule has 0 fully saturated rings. The van der Waals surface area contributed by atoms with Crippen LogP contribution in [0, 0.1) is 5.92 Å². The second-order valence-corrected chi connectivity index (χ2v) is 5.08. The van der Waals surface area contributed by atoms with Crippen LogP contribution in [0.1, 0.15) is 25.8 Å². The molecule has 0 saturated heterocycles. The summed E-state index contributed by atoms with van der Waals surface area (Å²) in [7, 11) is 0. The van der Waals surface area contributed by atoms with Crippen LogP contribution in [0.4, 0.5) is 13.2 Å². The zero-order valence-electron chi connectivity index (χ0n) is 11.4. The monoisotopic (exact) mass is 301 g/mol. The number of amides is 1. The summed E-state index contributed by atoms with van der Waals surface area (Å²) in [4.78, 5) is 15.8. The number of aromatic nitrogens is 1. The molecule has 8 heteroatoms. The van der Waals surface area contributed by atoms with E-state index < -0.39 is 35.9 Å². The van der Waals surface area contributed by atoms with Gasteiger partial charge in [-0.3, -0.25) is 9.78 Å². The SMILES string of the molecule is CC(C)C(=O)N1N=C(C(F)(F)F)C[C@]1(O)c1cccnc1. The number of alkyl halides is 3. The zero-order valence-corrected chi connectivity index (χ0v) is 11.4. The van der Waals surface area contributed by atoms with Crippen molar-refractivity contribution >= 4 is 11.6 Å². The summed E-state index contributed by atoms with van der Waals surface area (Å²) in [6, 6.07) is 2.87. The van der Waals surface area contributed by atoms with E-state index in [1.807, 2.05) is 0 Å². The van der Waals surface area contributed by atoms with Crippen molar-refractivity contribution in [2.24, 2.45) is 11.0 Å². The second kappa shape index (κ2) is 5.10. The number of nitrogens with zero attached hydrogens (tertiary/aromatic N) is 3. The highest BCUT2D eigenvalue weighted by Crippen LogP contribution is 2.39. The lowest BCUT2D eigenvalue weighted by Crippen LogP contribution is -2.45. The molecule has 1 amide bonds. The third kappa shape index (κ3) is 2.76. The predicted octanol–water partition coefficient (Wildman–Crippen LogP) is 2.03. The Balaban J connectivity index is 2.48. The first-order valence-electron chi connectivity index (χ1n) is 6.28. The maximum absolute atomic E-state index is 12.9. The molecule has 1 N–H and O–H groups in total. The molecule has 0 saturated carbocycles. The van der Waals surface area contributed by atoms with E-state index in [-0.39, 0.29) is 5.56 Å². The summed E-state index contributed by atoms with van der Waals surface area (Å²) in [5.74, 6) is -1.30. The fraction of sp³-hybridized carbons (Fsp3) is 0.462. The van der Waals surface area contributed by atoms with Crippen molar-refractivity contribution in [1.82, 2.24) is 9.99 Å². The van der Waals surface area contributed by atoms with Crippen LogP contribution in [-0.4, -0.2) is 32.9 Å². The van der Waals surface area contributed by atoms with Crippen molar-refractivity contribution in [3.05, 3.63) is 30.1 Å². The molecule has 0 aromatic carbocycles. The average molecular weight is 301 g/mol. The molecule has 0 spiro atoms. The number of carbonyl (C=O) groups excluding carboxylic acids is 1. The molecule has 0 unspecified atom stereocenters. The molecule has 1 aliphatic heterocycles. The summed E-state index contributed by atoms with van der Waals surface area (Å²) in [6.45, 7) is 3.04. The van der Waals surface area contributed by atoms with Gasteiger partial charge in [-0.2, -0.15) is 23.3 Å². The van der Waals surface area contributed by atoms with Crippen LogP contribution in [0.2, 0.25) is 0 Å². The minimum absolute atomic E-state index is 0.0852. The maximum atomic E-state index is 12.9. The summed E-state index contributed by atoms with van der Waals surface area (Å²) in [6.07, 6.45) is -2.89. The van der Waals surface area contributed by atoms with Gasteiger partial charge < -0.3 is 5.11 Å². The normalized spacial score (nSPS) is 22.6. The molecule has 2 heterocycles. The van der Waals surface area contributed by atoms with Crippen molar-refractivity contribution in [3.8, 4) is 0 Å². The summed E-state index contributed by atoms with van der Waals surface area (Å²) >= 11 is 0. The van der Waals surface area contributed by atoms with Crippen molar-refractivity contribution in [2.45, 2.75) is 32.2 Å². The Morgan fingerprint density at radius 2 is 2.14 bits per heavy atom. The minimum atomic E-state index is -4.71. The molecule has 1 aromatic rings. The van der Waals surface area contributed by atoms with Gasteiger partial charge in [0.25, 0.3) is 0 Å². The molecule has 21 heavy (non-hydrogen) atoms. The number of hydrazone groups is 1. The van der Waals surface area contributed by atoms with Crippen LogP contribution in [0.15, 0.2) is 29.6 Å². The lowest BCUT2D eigenvalue weighted by Gasteiger charge is -2.32. The highest BCUT2D eigenvalue weighted by Gasteiger charge is 2.53. The molecule has 5 nitrogen and oxygen atoms in total. The number of hydrogen-bond donors (Lipinski definition) is 1. The average Bonchev–Trinajstić information content (AvgIpc) is 2.78. The van der Waals surface area contributed by atoms with E-state index in [0.29, 0.717) is 5.01 Å². The Morgan fingerprint density at radius 3 is 2.62 bits per heavy atom. The first-order valence-corrected chi connectivity index (χ1v) is 6.28. The molecular formula is C13H14F3N3O2. The van der Waals surface area contributed by atoms with Gasteiger partial charge in [0.15, 0.2) is 5.72 Å². The van der Waals surface area contributed by atoms with E-state index in [1.54, 1.807) is 0 Å². The topological polar surface area (TPSA) is 65.8 Å². The van der Waals surface area contributed by atoms with Crippen molar-refractivity contribution < 1.29 is 23.1 Å². The molecule has 114 valence electrons. The second-order valence-electron chi connectivity index (χ2n) is 5.08. The molecule has 1 aliphatic rings. The third-order valence-corrected chi connectivity index (χ3v) is 3.14. The Labute approximate surface area is 119 Å². The fourth-order valence-corrected chi connectivity index (χ4v) is 2.00. The number of carbonyl (C=O) groups is 1. The Kier molecular flexibility index (Phi) is 3.75. The quantitative estimate of drug-likeness (QED) is 0.909. The zero-order chi connectivity index (χ0) is 15.8. The van der Waals surface area contributed by atoms with Gasteiger partial charge in [0.05, 0.1) is 6.42 Å². The Hall–Kier alpha value is -1.96. The van der Waals surface area contributed by atoms with Crippen molar-refractivity contribution in [3.63, 3.8) is 0 Å². The summed E-state index contributed by atoms with van der Waals surface area (Å²) < 4.78 is 38.6. The van der Waals surface area contributed by atoms with E-state index >= 15 is 0 Å². The summed E-state index contributed by atoms with van der Waals surface area (Å²) in [5.41, 5.74) is -3.27. The molecule has 0 bridgehead atoms. The van der Waals surface area contributed by atoms with Crippen LogP contribution in [0.3, 0.4) is 0 Å². The van der Waals surface area contributed by atoms with Crippen LogP contribution >= 0.6 is 0 Å². The van der Waals surface area contributed by atoms with Crippen LogP contribution in [0.5, 0.6) is 0 Å². The number of pyridine rings is 1. The van der Waals surface area contributed by atoms with Crippen LogP contribution < -0.4 is 0 Å². The number of aliphatic hydroxyl groups is 1. The van der Waals surface area contributed by atoms with Gasteiger partial charge in [-0.15, -0.1) is 0 Å². The van der Waals surface area contributed by atoms with E-state index in [0.717, 1.165) is 0 Å². The standard InChI is InChI=1S/C13H14F3N3O2/c1-8(2)11(20)19-12(21,9-4-3-5-17-7-9)6-10(18-19)13(14,15)16/h3-5,7-8,21H,6H2,1-2H3/t12-/m0/s1. The molecule has 1 atom stereocenters. The Morgan fingerprint density at radius 1 is 1.48 bits per heavy atom. The fourth-order valence-electron chi connectivity index (χ4n) is 2.00. The highest BCUT2D eigenvalue weighted by atomic mass is 19.4. The maximum Gasteiger partial charge on any atom is 0.431 e. The summed E-state index contributed by atoms with van der Waals surface area (Å²) in [5, 5.41) is 14.4. The smallest absolute Gasteiger partial charge is 0.365 e. The van der Waals surface area contributed by atoms with E-state index in [2.05, 4.69) is 10.1 Å². The van der Waals surface area contributed by atoms with Crippen LogP contribution in [-0.2, 0) is 10.5 Å². The van der Waals surface area contributed by atoms with Gasteiger partial charge in [-0.1, -0.05) is 19.9 Å².